The van der Waals surface area contributed by atoms with E-state index in [1.807, 2.05) is 30.3 Å². The number of carboxylic acids is 1. The minimum atomic E-state index is -1.12. The van der Waals surface area contributed by atoms with Crippen molar-refractivity contribution >= 4 is 11.9 Å². The number of rotatable bonds is 6. The van der Waals surface area contributed by atoms with Gasteiger partial charge in [-0.1, -0.05) is 30.3 Å². The fourth-order valence-corrected chi connectivity index (χ4v) is 1.97. The molecule has 0 bridgehead atoms. The molecule has 1 fully saturated rings. The summed E-state index contributed by atoms with van der Waals surface area (Å²) in [7, 11) is 0. The number of carbonyl (C=O) groups excluding carboxylic acids is 1. The maximum absolute atomic E-state index is 11.7. The molecule has 1 aliphatic rings. The SMILES string of the molecule is O=C(O)C1(C(=O)NCCCc2ccccc2)CC1. The molecule has 0 saturated heterocycles. The van der Waals surface area contributed by atoms with E-state index in [-0.39, 0.29) is 5.91 Å². The van der Waals surface area contributed by atoms with Crippen LogP contribution in [0.1, 0.15) is 24.8 Å². The van der Waals surface area contributed by atoms with Gasteiger partial charge in [-0.05, 0) is 31.2 Å². The molecule has 1 saturated carbocycles. The number of aliphatic carboxylic acids is 1. The summed E-state index contributed by atoms with van der Waals surface area (Å²) < 4.78 is 0. The molecule has 0 radical (unpaired) electrons. The van der Waals surface area contributed by atoms with E-state index in [0.717, 1.165) is 12.8 Å². The molecule has 0 aliphatic heterocycles. The molecular formula is C14H17NO3. The number of hydrogen-bond acceptors (Lipinski definition) is 2. The van der Waals surface area contributed by atoms with Gasteiger partial charge in [0.1, 0.15) is 5.41 Å². The fourth-order valence-electron chi connectivity index (χ4n) is 1.97. The normalized spacial score (nSPS) is 16.0. The van der Waals surface area contributed by atoms with Crippen molar-refractivity contribution < 1.29 is 14.7 Å². The average molecular weight is 247 g/mol. The van der Waals surface area contributed by atoms with E-state index in [1.165, 1.54) is 5.56 Å². The van der Waals surface area contributed by atoms with Crippen molar-refractivity contribution in [2.45, 2.75) is 25.7 Å². The van der Waals surface area contributed by atoms with Crippen LogP contribution >= 0.6 is 0 Å². The van der Waals surface area contributed by atoms with Crippen molar-refractivity contribution in [1.82, 2.24) is 5.32 Å². The zero-order valence-electron chi connectivity index (χ0n) is 10.2. The van der Waals surface area contributed by atoms with Crippen molar-refractivity contribution in [3.05, 3.63) is 35.9 Å². The minimum Gasteiger partial charge on any atom is -0.480 e. The van der Waals surface area contributed by atoms with E-state index in [9.17, 15) is 9.59 Å². The van der Waals surface area contributed by atoms with E-state index in [1.54, 1.807) is 0 Å². The van der Waals surface area contributed by atoms with E-state index < -0.39 is 11.4 Å². The van der Waals surface area contributed by atoms with E-state index >= 15 is 0 Å². The highest BCUT2D eigenvalue weighted by atomic mass is 16.4. The predicted octanol–water partition coefficient (Wildman–Crippen LogP) is 1.60. The molecule has 0 aromatic heterocycles. The summed E-state index contributed by atoms with van der Waals surface area (Å²) in [5.41, 5.74) is 0.110. The smallest absolute Gasteiger partial charge is 0.319 e. The Morgan fingerprint density at radius 2 is 1.89 bits per heavy atom. The van der Waals surface area contributed by atoms with Gasteiger partial charge in [-0.3, -0.25) is 9.59 Å². The van der Waals surface area contributed by atoms with Crippen molar-refractivity contribution in [2.24, 2.45) is 5.41 Å². The lowest BCUT2D eigenvalue weighted by molar-refractivity contribution is -0.149. The molecule has 1 aliphatic carbocycles. The Labute approximate surface area is 106 Å². The number of nitrogens with one attached hydrogen (secondary N) is 1. The molecule has 96 valence electrons. The van der Waals surface area contributed by atoms with Crippen LogP contribution in [0.3, 0.4) is 0 Å². The lowest BCUT2D eigenvalue weighted by Crippen LogP contribution is -2.37. The second kappa shape index (κ2) is 5.21. The molecule has 18 heavy (non-hydrogen) atoms. The van der Waals surface area contributed by atoms with Gasteiger partial charge in [-0.25, -0.2) is 0 Å². The number of aryl methyl sites for hydroxylation is 1. The molecular weight excluding hydrogens is 230 g/mol. The Kier molecular flexibility index (Phi) is 3.65. The van der Waals surface area contributed by atoms with Gasteiger partial charge in [-0.2, -0.15) is 0 Å². The Hall–Kier alpha value is -1.84. The summed E-state index contributed by atoms with van der Waals surface area (Å²) in [6, 6.07) is 10.0. The third-order valence-electron chi connectivity index (χ3n) is 3.36. The first-order valence-electron chi connectivity index (χ1n) is 6.21. The van der Waals surface area contributed by atoms with Crippen LogP contribution in [-0.2, 0) is 16.0 Å². The van der Waals surface area contributed by atoms with Gasteiger partial charge < -0.3 is 10.4 Å². The lowest BCUT2D eigenvalue weighted by Gasteiger charge is -2.10. The van der Waals surface area contributed by atoms with Crippen LogP contribution in [0.2, 0.25) is 0 Å². The number of amides is 1. The van der Waals surface area contributed by atoms with E-state index in [2.05, 4.69) is 5.32 Å². The van der Waals surface area contributed by atoms with Crippen LogP contribution in [0, 0.1) is 5.41 Å². The maximum atomic E-state index is 11.7. The Bertz CT molecular complexity index is 438. The quantitative estimate of drug-likeness (QED) is 0.592. The first kappa shape index (κ1) is 12.6. The van der Waals surface area contributed by atoms with Crippen LogP contribution in [-0.4, -0.2) is 23.5 Å². The summed E-state index contributed by atoms with van der Waals surface area (Å²) in [6.07, 6.45) is 2.65. The molecule has 4 heteroatoms. The predicted molar refractivity (Wildman–Crippen MR) is 67.1 cm³/mol. The Morgan fingerprint density at radius 1 is 1.22 bits per heavy atom. The molecule has 1 aromatic carbocycles. The summed E-state index contributed by atoms with van der Waals surface area (Å²) in [4.78, 5) is 22.6. The van der Waals surface area contributed by atoms with E-state index in [0.29, 0.717) is 19.4 Å². The molecule has 0 unspecified atom stereocenters. The molecule has 1 aromatic rings. The average Bonchev–Trinajstić information content (AvgIpc) is 3.17. The first-order chi connectivity index (χ1) is 8.65. The maximum Gasteiger partial charge on any atom is 0.319 e. The van der Waals surface area contributed by atoms with Gasteiger partial charge in [0.25, 0.3) is 0 Å². The van der Waals surface area contributed by atoms with Crippen molar-refractivity contribution in [1.29, 1.82) is 0 Å². The molecule has 2 rings (SSSR count). The summed E-state index contributed by atoms with van der Waals surface area (Å²) in [5.74, 6) is -1.33. The van der Waals surface area contributed by atoms with Crippen LogP contribution < -0.4 is 5.32 Å². The minimum absolute atomic E-state index is 0.330. The van der Waals surface area contributed by atoms with Crippen molar-refractivity contribution in [3.8, 4) is 0 Å². The largest absolute Gasteiger partial charge is 0.480 e. The standard InChI is InChI=1S/C14H17NO3/c16-12(14(8-9-14)13(17)18)15-10-4-7-11-5-2-1-3-6-11/h1-3,5-6H,4,7-10H2,(H,15,16)(H,17,18). The second-order valence-electron chi connectivity index (χ2n) is 4.73. The third kappa shape index (κ3) is 2.70. The van der Waals surface area contributed by atoms with Gasteiger partial charge in [0.2, 0.25) is 5.91 Å². The number of benzene rings is 1. The molecule has 0 spiro atoms. The Balaban J connectivity index is 1.70. The highest BCUT2D eigenvalue weighted by molar-refractivity contribution is 6.04. The third-order valence-corrected chi connectivity index (χ3v) is 3.36. The van der Waals surface area contributed by atoms with E-state index in [4.69, 9.17) is 5.11 Å². The van der Waals surface area contributed by atoms with Crippen LogP contribution in [0.5, 0.6) is 0 Å². The molecule has 2 N–H and O–H groups in total. The van der Waals surface area contributed by atoms with Crippen LogP contribution in [0.4, 0.5) is 0 Å². The zero-order chi connectivity index (χ0) is 13.0. The topological polar surface area (TPSA) is 66.4 Å². The van der Waals surface area contributed by atoms with Gasteiger partial charge in [0.15, 0.2) is 0 Å². The van der Waals surface area contributed by atoms with Crippen LogP contribution in [0.25, 0.3) is 0 Å². The molecule has 0 heterocycles. The first-order valence-corrected chi connectivity index (χ1v) is 6.21. The van der Waals surface area contributed by atoms with Gasteiger partial charge >= 0.3 is 5.97 Å². The highest BCUT2D eigenvalue weighted by Crippen LogP contribution is 2.45. The summed E-state index contributed by atoms with van der Waals surface area (Å²) >= 11 is 0. The molecule has 1 amide bonds. The molecule has 4 nitrogen and oxygen atoms in total. The number of carbonyl (C=O) groups is 2. The van der Waals surface area contributed by atoms with Gasteiger partial charge in [-0.15, -0.1) is 0 Å². The van der Waals surface area contributed by atoms with Gasteiger partial charge in [0.05, 0.1) is 0 Å². The summed E-state index contributed by atoms with van der Waals surface area (Å²) in [6.45, 7) is 0.531. The zero-order valence-corrected chi connectivity index (χ0v) is 10.2. The second-order valence-corrected chi connectivity index (χ2v) is 4.73. The lowest BCUT2D eigenvalue weighted by atomic mass is 10.1. The van der Waals surface area contributed by atoms with Crippen molar-refractivity contribution in [3.63, 3.8) is 0 Å². The highest BCUT2D eigenvalue weighted by Gasteiger charge is 2.56. The monoisotopic (exact) mass is 247 g/mol. The van der Waals surface area contributed by atoms with Crippen LogP contribution in [0.15, 0.2) is 30.3 Å². The number of carboxylic acid groups (broad SMARTS) is 1. The van der Waals surface area contributed by atoms with Gasteiger partial charge in [0, 0.05) is 6.54 Å². The number of hydrogen-bond donors (Lipinski definition) is 2. The van der Waals surface area contributed by atoms with Crippen molar-refractivity contribution in [2.75, 3.05) is 6.54 Å². The fraction of sp³-hybridized carbons (Fsp3) is 0.429. The molecule has 0 atom stereocenters. The summed E-state index contributed by atoms with van der Waals surface area (Å²) in [5, 5.41) is 11.7. The Morgan fingerprint density at radius 3 is 2.44 bits per heavy atom.